The number of nitriles is 1. The van der Waals surface area contributed by atoms with Crippen molar-refractivity contribution in [1.29, 1.82) is 5.26 Å². The molecule has 1 saturated heterocycles. The zero-order valence-corrected chi connectivity index (χ0v) is 13.8. The second-order valence-corrected chi connectivity index (χ2v) is 7.53. The van der Waals surface area contributed by atoms with Gasteiger partial charge in [0.05, 0.1) is 17.9 Å². The number of hydrogen-bond donors (Lipinski definition) is 2. The van der Waals surface area contributed by atoms with Crippen LogP contribution in [0.2, 0.25) is 0 Å². The summed E-state index contributed by atoms with van der Waals surface area (Å²) < 4.78 is 24.8. The SMILES string of the molecule is CS(=O)(=O)NC[C@H]1CCCN(C(=O)Nc2ccc(C#N)cc2)C1. The number of nitrogens with zero attached hydrogens (tertiary/aromatic N) is 2. The summed E-state index contributed by atoms with van der Waals surface area (Å²) in [5.74, 6) is 0.116. The molecule has 2 amide bonds. The molecule has 0 bridgehead atoms. The van der Waals surface area contributed by atoms with Crippen molar-refractivity contribution in [2.75, 3.05) is 31.2 Å². The monoisotopic (exact) mass is 336 g/mol. The molecule has 8 heteroatoms. The normalized spacial score (nSPS) is 18.3. The average Bonchev–Trinajstić information content (AvgIpc) is 2.53. The first kappa shape index (κ1) is 17.2. The van der Waals surface area contributed by atoms with Gasteiger partial charge in [0.15, 0.2) is 0 Å². The zero-order valence-electron chi connectivity index (χ0n) is 12.9. The van der Waals surface area contributed by atoms with E-state index in [1.165, 1.54) is 0 Å². The zero-order chi connectivity index (χ0) is 16.9. The maximum absolute atomic E-state index is 12.3. The Kier molecular flexibility index (Phi) is 5.58. The molecule has 0 saturated carbocycles. The fraction of sp³-hybridized carbons (Fsp3) is 0.467. The minimum Gasteiger partial charge on any atom is -0.324 e. The van der Waals surface area contributed by atoms with E-state index in [4.69, 9.17) is 5.26 Å². The fourth-order valence-corrected chi connectivity index (χ4v) is 3.05. The highest BCUT2D eigenvalue weighted by atomic mass is 32.2. The van der Waals surface area contributed by atoms with Gasteiger partial charge in [0.25, 0.3) is 0 Å². The molecule has 0 aromatic heterocycles. The number of piperidine rings is 1. The van der Waals surface area contributed by atoms with Gasteiger partial charge in [-0.05, 0) is 43.0 Å². The van der Waals surface area contributed by atoms with E-state index >= 15 is 0 Å². The average molecular weight is 336 g/mol. The van der Waals surface area contributed by atoms with Gasteiger partial charge in [-0.15, -0.1) is 0 Å². The number of urea groups is 1. The third kappa shape index (κ3) is 5.54. The Balaban J connectivity index is 1.89. The van der Waals surface area contributed by atoms with Crippen LogP contribution < -0.4 is 10.0 Å². The van der Waals surface area contributed by atoms with E-state index in [0.717, 1.165) is 19.1 Å². The van der Waals surface area contributed by atoms with Crippen LogP contribution in [0.4, 0.5) is 10.5 Å². The molecule has 2 N–H and O–H groups in total. The predicted molar refractivity (Wildman–Crippen MR) is 87.3 cm³/mol. The van der Waals surface area contributed by atoms with Crippen LogP contribution in [0.1, 0.15) is 18.4 Å². The van der Waals surface area contributed by atoms with Crippen molar-refractivity contribution in [3.05, 3.63) is 29.8 Å². The highest BCUT2D eigenvalue weighted by molar-refractivity contribution is 7.88. The van der Waals surface area contributed by atoms with E-state index in [1.807, 2.05) is 6.07 Å². The van der Waals surface area contributed by atoms with Gasteiger partial charge in [-0.2, -0.15) is 5.26 Å². The van der Waals surface area contributed by atoms with Gasteiger partial charge >= 0.3 is 6.03 Å². The Labute approximate surface area is 136 Å². The topological polar surface area (TPSA) is 102 Å². The highest BCUT2D eigenvalue weighted by Gasteiger charge is 2.24. The van der Waals surface area contributed by atoms with Crippen molar-refractivity contribution in [2.45, 2.75) is 12.8 Å². The fourth-order valence-electron chi connectivity index (χ4n) is 2.52. The molecule has 1 fully saturated rings. The molecule has 1 aliphatic heterocycles. The second kappa shape index (κ2) is 7.44. The van der Waals surface area contributed by atoms with Gasteiger partial charge in [0.2, 0.25) is 10.0 Å². The minimum atomic E-state index is -3.21. The third-order valence-corrected chi connectivity index (χ3v) is 4.40. The van der Waals surface area contributed by atoms with Crippen molar-refractivity contribution in [2.24, 2.45) is 5.92 Å². The van der Waals surface area contributed by atoms with Crippen LogP contribution in [0.5, 0.6) is 0 Å². The van der Waals surface area contributed by atoms with Gasteiger partial charge in [-0.1, -0.05) is 0 Å². The van der Waals surface area contributed by atoms with Crippen molar-refractivity contribution in [3.63, 3.8) is 0 Å². The quantitative estimate of drug-likeness (QED) is 0.866. The van der Waals surface area contributed by atoms with Gasteiger partial charge in [-0.3, -0.25) is 0 Å². The molecule has 124 valence electrons. The Morgan fingerprint density at radius 3 is 2.70 bits per heavy atom. The number of sulfonamides is 1. The Morgan fingerprint density at radius 1 is 1.39 bits per heavy atom. The summed E-state index contributed by atoms with van der Waals surface area (Å²) in [5, 5.41) is 11.6. The van der Waals surface area contributed by atoms with Crippen molar-refractivity contribution in [3.8, 4) is 6.07 Å². The Morgan fingerprint density at radius 2 is 2.09 bits per heavy atom. The molecule has 1 aromatic carbocycles. The standard InChI is InChI=1S/C15H20N4O3S/c1-23(21,22)17-10-13-3-2-8-19(11-13)15(20)18-14-6-4-12(9-16)5-7-14/h4-7,13,17H,2-3,8,10-11H2,1H3,(H,18,20)/t13-/m1/s1. The number of carbonyl (C=O) groups is 1. The summed E-state index contributed by atoms with van der Waals surface area (Å²) in [6, 6.07) is 8.47. The first-order chi connectivity index (χ1) is 10.9. The number of rotatable bonds is 4. The van der Waals surface area contributed by atoms with E-state index in [-0.39, 0.29) is 11.9 Å². The molecule has 0 radical (unpaired) electrons. The van der Waals surface area contributed by atoms with Crippen molar-refractivity contribution >= 4 is 21.7 Å². The predicted octanol–water partition coefficient (Wildman–Crippen LogP) is 1.35. The number of nitrogens with one attached hydrogen (secondary N) is 2. The van der Waals surface area contributed by atoms with Crippen LogP contribution >= 0.6 is 0 Å². The summed E-state index contributed by atoms with van der Waals surface area (Å²) in [4.78, 5) is 14.0. The van der Waals surface area contributed by atoms with Crippen LogP contribution in [-0.2, 0) is 10.0 Å². The minimum absolute atomic E-state index is 0.116. The highest BCUT2D eigenvalue weighted by Crippen LogP contribution is 2.17. The van der Waals surface area contributed by atoms with Crippen molar-refractivity contribution < 1.29 is 13.2 Å². The first-order valence-electron chi connectivity index (χ1n) is 7.38. The largest absolute Gasteiger partial charge is 0.324 e. The number of hydrogen-bond acceptors (Lipinski definition) is 4. The third-order valence-electron chi connectivity index (χ3n) is 3.71. The maximum atomic E-state index is 12.3. The molecule has 0 aliphatic carbocycles. The smallest absolute Gasteiger partial charge is 0.321 e. The lowest BCUT2D eigenvalue weighted by Crippen LogP contribution is -2.45. The molecule has 1 aliphatic rings. The second-order valence-electron chi connectivity index (χ2n) is 5.69. The van der Waals surface area contributed by atoms with Gasteiger partial charge in [-0.25, -0.2) is 17.9 Å². The molecular weight excluding hydrogens is 316 g/mol. The first-order valence-corrected chi connectivity index (χ1v) is 9.27. The lowest BCUT2D eigenvalue weighted by atomic mass is 9.99. The summed E-state index contributed by atoms with van der Waals surface area (Å²) >= 11 is 0. The molecule has 1 atom stereocenters. The summed E-state index contributed by atoms with van der Waals surface area (Å²) in [6.07, 6.45) is 2.87. The molecule has 23 heavy (non-hydrogen) atoms. The number of anilines is 1. The van der Waals surface area contributed by atoms with Crippen LogP contribution in [-0.4, -0.2) is 45.2 Å². The van der Waals surface area contributed by atoms with Gasteiger partial charge in [0.1, 0.15) is 0 Å². The Hall–Kier alpha value is -2.11. The maximum Gasteiger partial charge on any atom is 0.321 e. The van der Waals surface area contributed by atoms with Crippen LogP contribution in [0.3, 0.4) is 0 Å². The summed E-state index contributed by atoms with van der Waals surface area (Å²) in [6.45, 7) is 1.52. The van der Waals surface area contributed by atoms with Gasteiger partial charge in [0, 0.05) is 25.3 Å². The molecule has 0 unspecified atom stereocenters. The molecule has 7 nitrogen and oxygen atoms in total. The summed E-state index contributed by atoms with van der Waals surface area (Å²) in [7, 11) is -3.21. The van der Waals surface area contributed by atoms with Crippen LogP contribution in [0.25, 0.3) is 0 Å². The van der Waals surface area contributed by atoms with E-state index in [9.17, 15) is 13.2 Å². The van der Waals surface area contributed by atoms with E-state index < -0.39 is 10.0 Å². The summed E-state index contributed by atoms with van der Waals surface area (Å²) in [5.41, 5.74) is 1.17. The number of likely N-dealkylation sites (tertiary alicyclic amines) is 1. The lowest BCUT2D eigenvalue weighted by Gasteiger charge is -2.32. The van der Waals surface area contributed by atoms with E-state index in [0.29, 0.717) is 30.9 Å². The lowest BCUT2D eigenvalue weighted by molar-refractivity contribution is 0.178. The van der Waals surface area contributed by atoms with Gasteiger partial charge < -0.3 is 10.2 Å². The number of amides is 2. The molecule has 1 heterocycles. The van der Waals surface area contributed by atoms with Crippen molar-refractivity contribution in [1.82, 2.24) is 9.62 Å². The van der Waals surface area contributed by atoms with Crippen LogP contribution in [0.15, 0.2) is 24.3 Å². The Bertz CT molecular complexity index is 694. The molecule has 1 aromatic rings. The molecule has 2 rings (SSSR count). The van der Waals surface area contributed by atoms with Crippen LogP contribution in [0, 0.1) is 17.2 Å². The molecule has 0 spiro atoms. The number of benzene rings is 1. The van der Waals surface area contributed by atoms with E-state index in [1.54, 1.807) is 29.2 Å². The van der Waals surface area contributed by atoms with E-state index in [2.05, 4.69) is 10.0 Å². The molecular formula is C15H20N4O3S. The number of carbonyl (C=O) groups excluding carboxylic acids is 1.